The van der Waals surface area contributed by atoms with Crippen molar-refractivity contribution in [2.45, 2.75) is 38.0 Å². The normalized spacial score (nSPS) is 17.5. The summed E-state index contributed by atoms with van der Waals surface area (Å²) in [5.41, 5.74) is 1.42. The van der Waals surface area contributed by atoms with Crippen LogP contribution in [0.1, 0.15) is 38.2 Å². The van der Waals surface area contributed by atoms with Crippen molar-refractivity contribution < 1.29 is 8.42 Å². The number of nitrogens with zero attached hydrogens (tertiary/aromatic N) is 1. The summed E-state index contributed by atoms with van der Waals surface area (Å²) in [6, 6.07) is 8.56. The van der Waals surface area contributed by atoms with E-state index in [1.54, 1.807) is 0 Å². The van der Waals surface area contributed by atoms with Gasteiger partial charge in [-0.15, -0.1) is 0 Å². The van der Waals surface area contributed by atoms with Crippen molar-refractivity contribution in [2.24, 2.45) is 4.99 Å². The Bertz CT molecular complexity index is 681. The number of rotatable bonds is 7. The highest BCUT2D eigenvalue weighted by molar-refractivity contribution is 9.10. The average Bonchev–Trinajstić information content (AvgIpc) is 3.02. The quantitative estimate of drug-likeness (QED) is 0.516. The molecule has 0 bridgehead atoms. The zero-order valence-corrected chi connectivity index (χ0v) is 17.4. The van der Waals surface area contributed by atoms with Crippen molar-refractivity contribution in [3.8, 4) is 0 Å². The first kappa shape index (κ1) is 20.2. The van der Waals surface area contributed by atoms with E-state index in [4.69, 9.17) is 4.99 Å². The van der Waals surface area contributed by atoms with Gasteiger partial charge in [0.15, 0.2) is 5.96 Å². The summed E-state index contributed by atoms with van der Waals surface area (Å²) in [4.78, 5) is 4.77. The fourth-order valence-corrected chi connectivity index (χ4v) is 4.06. The van der Waals surface area contributed by atoms with Gasteiger partial charge < -0.3 is 10.6 Å². The summed E-state index contributed by atoms with van der Waals surface area (Å²) in [7, 11) is -2.97. The molecule has 1 fully saturated rings. The Morgan fingerprint density at radius 2 is 1.84 bits per heavy atom. The second kappa shape index (κ2) is 9.03. The molecular weight excluding hydrogens is 402 g/mol. The summed E-state index contributed by atoms with van der Waals surface area (Å²) < 4.78 is 23.7. The highest BCUT2D eigenvalue weighted by Gasteiger charge is 2.35. The van der Waals surface area contributed by atoms with Gasteiger partial charge in [-0.25, -0.2) is 8.42 Å². The van der Waals surface area contributed by atoms with Crippen molar-refractivity contribution in [1.29, 1.82) is 0 Å². The van der Waals surface area contributed by atoms with Crippen LogP contribution in [0, 0.1) is 0 Å². The molecule has 0 aromatic heterocycles. The summed E-state index contributed by atoms with van der Waals surface area (Å²) >= 11 is 3.50. The minimum absolute atomic E-state index is 0.0832. The lowest BCUT2D eigenvalue weighted by molar-refractivity contribution is 0.452. The van der Waals surface area contributed by atoms with Crippen LogP contribution in [0.15, 0.2) is 33.7 Å². The number of guanidine groups is 1. The lowest BCUT2D eigenvalue weighted by atomic mass is 9.79. The van der Waals surface area contributed by atoms with Gasteiger partial charge in [-0.3, -0.25) is 4.99 Å². The lowest BCUT2D eigenvalue weighted by Gasteiger charge is -2.28. The molecule has 1 aromatic rings. The van der Waals surface area contributed by atoms with Gasteiger partial charge in [0, 0.05) is 29.2 Å². The number of sulfone groups is 1. The van der Waals surface area contributed by atoms with Crippen LogP contribution < -0.4 is 10.6 Å². The summed E-state index contributed by atoms with van der Waals surface area (Å²) in [5, 5.41) is 6.34. The van der Waals surface area contributed by atoms with Gasteiger partial charge in [-0.1, -0.05) is 40.9 Å². The molecule has 5 nitrogen and oxygen atoms in total. The average molecular weight is 430 g/mol. The Morgan fingerprint density at radius 1 is 1.20 bits per heavy atom. The fraction of sp³-hybridized carbons (Fsp3) is 0.611. The maximum absolute atomic E-state index is 11.3. The first-order chi connectivity index (χ1) is 11.8. The van der Waals surface area contributed by atoms with Gasteiger partial charge in [0.1, 0.15) is 9.84 Å². The van der Waals surface area contributed by atoms with Gasteiger partial charge in [-0.05, 0) is 37.5 Å². The van der Waals surface area contributed by atoms with Crippen molar-refractivity contribution in [2.75, 3.05) is 31.6 Å². The van der Waals surface area contributed by atoms with Crippen LogP contribution in [-0.2, 0) is 15.3 Å². The third kappa shape index (κ3) is 6.29. The van der Waals surface area contributed by atoms with Crippen LogP contribution in [0.2, 0.25) is 0 Å². The number of benzene rings is 1. The van der Waals surface area contributed by atoms with E-state index in [-0.39, 0.29) is 11.2 Å². The molecule has 0 radical (unpaired) electrons. The molecule has 1 aliphatic carbocycles. The molecule has 7 heteroatoms. The largest absolute Gasteiger partial charge is 0.357 e. The molecule has 0 unspecified atom stereocenters. The van der Waals surface area contributed by atoms with Crippen molar-refractivity contribution >= 4 is 31.7 Å². The fourth-order valence-electron chi connectivity index (χ4n) is 3.32. The second-order valence-electron chi connectivity index (χ2n) is 6.75. The molecule has 0 spiro atoms. The van der Waals surface area contributed by atoms with Crippen molar-refractivity contribution in [1.82, 2.24) is 10.6 Å². The molecule has 2 N–H and O–H groups in total. The minimum atomic E-state index is -2.97. The van der Waals surface area contributed by atoms with Crippen LogP contribution in [0.25, 0.3) is 0 Å². The number of nitrogens with one attached hydrogen (secondary N) is 2. The molecule has 2 rings (SSSR count). The van der Waals surface area contributed by atoms with Gasteiger partial charge in [-0.2, -0.15) is 0 Å². The van der Waals surface area contributed by atoms with Crippen LogP contribution in [0.5, 0.6) is 0 Å². The van der Waals surface area contributed by atoms with E-state index in [0.717, 1.165) is 23.9 Å². The molecule has 140 valence electrons. The molecule has 0 heterocycles. The standard InChI is InChI=1S/C18H28BrN3O2S/c1-3-20-17(21-12-13-25(2,23)24)22-14-18(10-4-5-11-18)15-6-8-16(19)9-7-15/h6-9H,3-5,10-14H2,1-2H3,(H2,20,21,22). The Morgan fingerprint density at radius 3 is 2.40 bits per heavy atom. The Labute approximate surface area is 159 Å². The molecule has 0 saturated heterocycles. The Kier molecular flexibility index (Phi) is 7.31. The third-order valence-corrected chi connectivity index (χ3v) is 6.14. The van der Waals surface area contributed by atoms with Crippen LogP contribution >= 0.6 is 15.9 Å². The zero-order chi connectivity index (χ0) is 18.3. The molecule has 1 saturated carbocycles. The molecular formula is C18H28BrN3O2S. The molecule has 0 aliphatic heterocycles. The lowest BCUT2D eigenvalue weighted by Crippen LogP contribution is -2.40. The molecule has 1 aliphatic rings. The van der Waals surface area contributed by atoms with Crippen LogP contribution in [0.3, 0.4) is 0 Å². The smallest absolute Gasteiger partial charge is 0.191 e. The van der Waals surface area contributed by atoms with E-state index in [9.17, 15) is 8.42 Å². The number of hydrogen-bond donors (Lipinski definition) is 2. The minimum Gasteiger partial charge on any atom is -0.357 e. The van der Waals surface area contributed by atoms with Crippen LogP contribution in [0.4, 0.5) is 0 Å². The number of hydrogen-bond acceptors (Lipinski definition) is 3. The highest BCUT2D eigenvalue weighted by Crippen LogP contribution is 2.41. The predicted octanol–water partition coefficient (Wildman–Crippen LogP) is 2.86. The molecule has 25 heavy (non-hydrogen) atoms. The second-order valence-corrected chi connectivity index (χ2v) is 9.92. The van der Waals surface area contributed by atoms with Gasteiger partial charge >= 0.3 is 0 Å². The van der Waals surface area contributed by atoms with E-state index < -0.39 is 9.84 Å². The Hall–Kier alpha value is -1.08. The van der Waals surface area contributed by atoms with E-state index in [1.165, 1.54) is 24.7 Å². The topological polar surface area (TPSA) is 70.6 Å². The molecule has 0 amide bonds. The van der Waals surface area contributed by atoms with E-state index in [0.29, 0.717) is 19.0 Å². The maximum atomic E-state index is 11.3. The van der Waals surface area contributed by atoms with E-state index in [2.05, 4.69) is 50.8 Å². The zero-order valence-electron chi connectivity index (χ0n) is 15.0. The van der Waals surface area contributed by atoms with Crippen molar-refractivity contribution in [3.05, 3.63) is 34.3 Å². The maximum Gasteiger partial charge on any atom is 0.191 e. The first-order valence-electron chi connectivity index (χ1n) is 8.81. The van der Waals surface area contributed by atoms with Gasteiger partial charge in [0.2, 0.25) is 0 Å². The third-order valence-electron chi connectivity index (χ3n) is 4.67. The van der Waals surface area contributed by atoms with Gasteiger partial charge in [0.25, 0.3) is 0 Å². The van der Waals surface area contributed by atoms with E-state index in [1.807, 2.05) is 6.92 Å². The predicted molar refractivity (Wildman–Crippen MR) is 108 cm³/mol. The summed E-state index contributed by atoms with van der Waals surface area (Å²) in [5.74, 6) is 0.796. The van der Waals surface area contributed by atoms with Crippen molar-refractivity contribution in [3.63, 3.8) is 0 Å². The van der Waals surface area contributed by atoms with E-state index >= 15 is 0 Å². The summed E-state index contributed by atoms with van der Waals surface area (Å²) in [6.07, 6.45) is 5.98. The highest BCUT2D eigenvalue weighted by atomic mass is 79.9. The monoisotopic (exact) mass is 429 g/mol. The number of halogens is 1. The first-order valence-corrected chi connectivity index (χ1v) is 11.7. The van der Waals surface area contributed by atoms with Gasteiger partial charge in [0.05, 0.1) is 12.3 Å². The SMILES string of the molecule is CCNC(=NCC1(c2ccc(Br)cc2)CCCC1)NCCS(C)(=O)=O. The molecule has 0 atom stereocenters. The summed E-state index contributed by atoms with van der Waals surface area (Å²) in [6.45, 7) is 3.84. The Balaban J connectivity index is 2.10. The molecule has 1 aromatic carbocycles. The van der Waals surface area contributed by atoms with Crippen LogP contribution in [-0.4, -0.2) is 46.0 Å². The number of aliphatic imine (C=N–C) groups is 1.